The molecule has 0 aromatic heterocycles. The quantitative estimate of drug-likeness (QED) is 0.351. The van der Waals surface area contributed by atoms with Gasteiger partial charge in [0, 0.05) is 18.2 Å². The van der Waals surface area contributed by atoms with Crippen molar-refractivity contribution in [2.45, 2.75) is 76.9 Å². The van der Waals surface area contributed by atoms with Gasteiger partial charge >= 0.3 is 5.97 Å². The number of carbonyl (C=O) groups excluding carboxylic acids is 4. The smallest absolute Gasteiger partial charge is 0.310 e. The van der Waals surface area contributed by atoms with Crippen LogP contribution < -0.4 is 16.4 Å². The molecule has 0 spiro atoms. The zero-order chi connectivity index (χ0) is 26.1. The number of cyclic esters (lactones) is 1. The molecule has 1 aliphatic carbocycles. The molecule has 2 heterocycles. The summed E-state index contributed by atoms with van der Waals surface area (Å²) in [6.07, 6.45) is 1.54. The lowest BCUT2D eigenvalue weighted by atomic mass is 9.95. The average molecular weight is 521 g/mol. The van der Waals surface area contributed by atoms with Crippen molar-refractivity contribution >= 4 is 41.0 Å². The molecule has 0 radical (unpaired) electrons. The number of fused-ring (bicyclic) bond motifs is 2. The third-order valence-electron chi connectivity index (χ3n) is 7.21. The highest BCUT2D eigenvalue weighted by Crippen LogP contribution is 2.43. The van der Waals surface area contributed by atoms with Gasteiger partial charge in [0.15, 0.2) is 0 Å². The monoisotopic (exact) mass is 520 g/mol. The van der Waals surface area contributed by atoms with E-state index in [1.54, 1.807) is 17.9 Å². The fourth-order valence-corrected chi connectivity index (χ4v) is 5.63. The predicted molar refractivity (Wildman–Crippen MR) is 132 cm³/mol. The molecule has 4 rings (SSSR count). The van der Waals surface area contributed by atoms with Crippen LogP contribution in [0.15, 0.2) is 18.2 Å². The zero-order valence-corrected chi connectivity index (χ0v) is 21.4. The van der Waals surface area contributed by atoms with Crippen LogP contribution in [-0.4, -0.2) is 65.7 Å². The number of likely N-dealkylation sites (tertiary alicyclic amines) is 1. The third kappa shape index (κ3) is 5.15. The fourth-order valence-electron chi connectivity index (χ4n) is 5.45. The number of ether oxygens (including phenoxy) is 2. The number of nitrogens with zero attached hydrogens (tertiary/aromatic N) is 1. The van der Waals surface area contributed by atoms with Gasteiger partial charge in [0.2, 0.25) is 18.1 Å². The highest BCUT2D eigenvalue weighted by molar-refractivity contribution is 6.33. The fraction of sp³-hybridized carbons (Fsp3) is 0.600. The van der Waals surface area contributed by atoms with E-state index in [1.807, 2.05) is 13.8 Å². The summed E-state index contributed by atoms with van der Waals surface area (Å²) in [5.74, 6) is -1.73. The summed E-state index contributed by atoms with van der Waals surface area (Å²) in [6.45, 7) is 5.80. The Hall–Kier alpha value is -2.85. The molecule has 36 heavy (non-hydrogen) atoms. The SMILES string of the molecule is CCOC1OC(=O)CC1NC(=O)C1C2CC[C@H](C2)N1C(=O)C(NC(=O)c1ccc(N)c(Cl)c1)C(C)C. The Morgan fingerprint density at radius 1 is 1.28 bits per heavy atom. The Kier molecular flexibility index (Phi) is 7.75. The number of carbonyl (C=O) groups is 4. The number of nitrogens with one attached hydrogen (secondary N) is 2. The maximum Gasteiger partial charge on any atom is 0.310 e. The van der Waals surface area contributed by atoms with Crippen molar-refractivity contribution in [1.29, 1.82) is 0 Å². The van der Waals surface area contributed by atoms with E-state index in [0.717, 1.165) is 19.3 Å². The molecular weight excluding hydrogens is 488 g/mol. The molecule has 10 nitrogen and oxygen atoms in total. The Bertz CT molecular complexity index is 1050. The van der Waals surface area contributed by atoms with Crippen LogP contribution >= 0.6 is 11.6 Å². The molecule has 3 fully saturated rings. The number of esters is 1. The van der Waals surface area contributed by atoms with Crippen molar-refractivity contribution < 1.29 is 28.7 Å². The van der Waals surface area contributed by atoms with Crippen LogP contribution in [0.3, 0.4) is 0 Å². The molecule has 1 saturated carbocycles. The summed E-state index contributed by atoms with van der Waals surface area (Å²) >= 11 is 6.07. The van der Waals surface area contributed by atoms with E-state index in [4.69, 9.17) is 26.8 Å². The number of benzene rings is 1. The molecule has 6 atom stereocenters. The number of piperidine rings is 1. The Balaban J connectivity index is 1.51. The lowest BCUT2D eigenvalue weighted by Crippen LogP contribution is -2.60. The highest BCUT2D eigenvalue weighted by atomic mass is 35.5. The van der Waals surface area contributed by atoms with Crippen molar-refractivity contribution in [2.24, 2.45) is 11.8 Å². The Morgan fingerprint density at radius 2 is 2.03 bits per heavy atom. The molecule has 11 heteroatoms. The number of rotatable bonds is 8. The maximum atomic E-state index is 13.8. The number of hydrogen-bond donors (Lipinski definition) is 3. The molecule has 4 N–H and O–H groups in total. The first-order chi connectivity index (χ1) is 17.1. The van der Waals surface area contributed by atoms with Gasteiger partial charge in [-0.25, -0.2) is 0 Å². The first-order valence-corrected chi connectivity index (χ1v) is 12.8. The van der Waals surface area contributed by atoms with Crippen LogP contribution in [0.25, 0.3) is 0 Å². The zero-order valence-electron chi connectivity index (χ0n) is 20.7. The van der Waals surface area contributed by atoms with Crippen molar-refractivity contribution in [3.63, 3.8) is 0 Å². The van der Waals surface area contributed by atoms with Crippen molar-refractivity contribution in [3.8, 4) is 0 Å². The normalized spacial score (nSPS) is 27.8. The molecule has 3 amide bonds. The van der Waals surface area contributed by atoms with E-state index >= 15 is 0 Å². The van der Waals surface area contributed by atoms with Crippen LogP contribution in [0.1, 0.15) is 56.8 Å². The molecule has 2 saturated heterocycles. The molecule has 1 aromatic carbocycles. The summed E-state index contributed by atoms with van der Waals surface area (Å²) in [6, 6.07) is 2.34. The molecule has 2 aliphatic heterocycles. The van der Waals surface area contributed by atoms with Crippen molar-refractivity contribution in [1.82, 2.24) is 15.5 Å². The summed E-state index contributed by atoms with van der Waals surface area (Å²) < 4.78 is 10.6. The molecular formula is C25H33ClN4O6. The van der Waals surface area contributed by atoms with E-state index in [9.17, 15) is 19.2 Å². The van der Waals surface area contributed by atoms with Gasteiger partial charge < -0.3 is 30.7 Å². The van der Waals surface area contributed by atoms with Crippen LogP contribution in [0.4, 0.5) is 5.69 Å². The van der Waals surface area contributed by atoms with Gasteiger partial charge in [-0.15, -0.1) is 0 Å². The van der Waals surface area contributed by atoms with Crippen molar-refractivity contribution in [2.75, 3.05) is 12.3 Å². The van der Waals surface area contributed by atoms with Gasteiger partial charge in [-0.2, -0.15) is 0 Å². The van der Waals surface area contributed by atoms with Gasteiger partial charge in [0.05, 0.1) is 17.1 Å². The summed E-state index contributed by atoms with van der Waals surface area (Å²) in [5.41, 5.74) is 6.39. The van der Waals surface area contributed by atoms with E-state index < -0.39 is 36.3 Å². The molecule has 196 valence electrons. The summed E-state index contributed by atoms with van der Waals surface area (Å²) in [4.78, 5) is 53.6. The van der Waals surface area contributed by atoms with Gasteiger partial charge in [-0.05, 0) is 56.2 Å². The molecule has 2 bridgehead atoms. The van der Waals surface area contributed by atoms with Crippen LogP contribution in [-0.2, 0) is 23.9 Å². The number of anilines is 1. The van der Waals surface area contributed by atoms with Gasteiger partial charge in [0.25, 0.3) is 5.91 Å². The third-order valence-corrected chi connectivity index (χ3v) is 7.54. The van der Waals surface area contributed by atoms with Gasteiger partial charge in [-0.1, -0.05) is 25.4 Å². The van der Waals surface area contributed by atoms with Crippen LogP contribution in [0.2, 0.25) is 5.02 Å². The first-order valence-electron chi connectivity index (χ1n) is 12.4. The lowest BCUT2D eigenvalue weighted by molar-refractivity contribution is -0.165. The van der Waals surface area contributed by atoms with E-state index in [2.05, 4.69) is 10.6 Å². The number of nitrogens with two attached hydrogens (primary N) is 1. The highest BCUT2D eigenvalue weighted by Gasteiger charge is 2.53. The second-order valence-corrected chi connectivity index (χ2v) is 10.4. The minimum atomic E-state index is -0.844. The number of amides is 3. The standard InChI is InChI=1S/C25H33ClN4O6/c1-4-35-25-18(11-19(31)36-25)28-23(33)21-13-5-7-15(9-13)30(21)24(34)20(12(2)3)29-22(32)14-6-8-17(27)16(26)10-14/h6,8,10,12-13,15,18,20-21,25H,4-5,7,9,11,27H2,1-3H3,(H,28,33)(H,29,32)/t13?,15-,18?,20?,21?,25?/m1/s1. The topological polar surface area (TPSA) is 140 Å². The second kappa shape index (κ2) is 10.6. The number of hydrogen-bond acceptors (Lipinski definition) is 7. The minimum Gasteiger partial charge on any atom is -0.433 e. The average Bonchev–Trinajstić information content (AvgIpc) is 3.53. The van der Waals surface area contributed by atoms with Crippen LogP contribution in [0, 0.1) is 11.8 Å². The molecule has 5 unspecified atom stereocenters. The molecule has 1 aromatic rings. The first kappa shape index (κ1) is 26.2. The Labute approximate surface area is 215 Å². The Morgan fingerprint density at radius 3 is 2.69 bits per heavy atom. The maximum absolute atomic E-state index is 13.8. The van der Waals surface area contributed by atoms with E-state index in [-0.39, 0.29) is 46.7 Å². The molecule has 3 aliphatic rings. The van der Waals surface area contributed by atoms with E-state index in [0.29, 0.717) is 12.3 Å². The number of halogens is 1. The minimum absolute atomic E-state index is 0.0139. The van der Waals surface area contributed by atoms with Crippen molar-refractivity contribution in [3.05, 3.63) is 28.8 Å². The second-order valence-electron chi connectivity index (χ2n) is 9.98. The number of nitrogen functional groups attached to an aromatic ring is 1. The van der Waals surface area contributed by atoms with Gasteiger partial charge in [-0.3, -0.25) is 19.2 Å². The lowest BCUT2D eigenvalue weighted by Gasteiger charge is -2.38. The summed E-state index contributed by atoms with van der Waals surface area (Å²) in [5, 5.41) is 5.97. The largest absolute Gasteiger partial charge is 0.433 e. The summed E-state index contributed by atoms with van der Waals surface area (Å²) in [7, 11) is 0. The van der Waals surface area contributed by atoms with Crippen LogP contribution in [0.5, 0.6) is 0 Å². The van der Waals surface area contributed by atoms with E-state index in [1.165, 1.54) is 12.1 Å². The van der Waals surface area contributed by atoms with Gasteiger partial charge in [0.1, 0.15) is 18.1 Å². The predicted octanol–water partition coefficient (Wildman–Crippen LogP) is 1.85.